The fraction of sp³-hybridized carbons (Fsp3) is 0.0741. The third kappa shape index (κ3) is 6.09. The molecule has 1 N–H and O–H groups in total. The highest BCUT2D eigenvalue weighted by Crippen LogP contribution is 2.28. The van der Waals surface area contributed by atoms with Crippen molar-refractivity contribution in [3.63, 3.8) is 0 Å². The van der Waals surface area contributed by atoms with Crippen molar-refractivity contribution in [1.82, 2.24) is 5.43 Å². The van der Waals surface area contributed by atoms with E-state index >= 15 is 0 Å². The molecule has 186 valence electrons. The van der Waals surface area contributed by atoms with Gasteiger partial charge in [0.1, 0.15) is 5.75 Å². The van der Waals surface area contributed by atoms with E-state index in [1.165, 1.54) is 31.3 Å². The molecule has 0 saturated carbocycles. The van der Waals surface area contributed by atoms with E-state index in [1.54, 1.807) is 42.5 Å². The van der Waals surface area contributed by atoms with Gasteiger partial charge in [0, 0.05) is 16.7 Å². The van der Waals surface area contributed by atoms with Crippen LogP contribution in [0.5, 0.6) is 11.5 Å². The molecule has 0 aliphatic carbocycles. The third-order valence-electron chi connectivity index (χ3n) is 5.32. The Balaban J connectivity index is 1.53. The predicted octanol–water partition coefficient (Wildman–Crippen LogP) is 5.54. The number of amides is 1. The van der Waals surface area contributed by atoms with Crippen LogP contribution in [0.25, 0.3) is 10.8 Å². The first kappa shape index (κ1) is 25.3. The molecule has 0 heterocycles. The zero-order valence-corrected chi connectivity index (χ0v) is 20.2. The van der Waals surface area contributed by atoms with Crippen LogP contribution in [0.3, 0.4) is 0 Å². The summed E-state index contributed by atoms with van der Waals surface area (Å²) >= 11 is 5.90. The van der Waals surface area contributed by atoms with Crippen molar-refractivity contribution in [2.24, 2.45) is 5.10 Å². The van der Waals surface area contributed by atoms with E-state index in [0.29, 0.717) is 16.1 Å². The van der Waals surface area contributed by atoms with Gasteiger partial charge in [-0.05, 0) is 54.1 Å². The molecule has 0 unspecified atom stereocenters. The van der Waals surface area contributed by atoms with Crippen molar-refractivity contribution in [2.45, 2.75) is 13.0 Å². The molecule has 9 nitrogen and oxygen atoms in total. The first-order valence-corrected chi connectivity index (χ1v) is 11.4. The number of rotatable bonds is 8. The summed E-state index contributed by atoms with van der Waals surface area (Å²) < 4.78 is 11.1. The minimum absolute atomic E-state index is 0.0374. The Morgan fingerprint density at radius 1 is 0.973 bits per heavy atom. The highest BCUT2D eigenvalue weighted by atomic mass is 35.5. The van der Waals surface area contributed by atoms with Gasteiger partial charge in [-0.15, -0.1) is 0 Å². The maximum atomic E-state index is 12.7. The number of nitro groups is 1. The van der Waals surface area contributed by atoms with E-state index in [9.17, 15) is 19.7 Å². The number of hydrogen-bond acceptors (Lipinski definition) is 7. The summed E-state index contributed by atoms with van der Waals surface area (Å²) in [6.45, 7) is 1.44. The van der Waals surface area contributed by atoms with Gasteiger partial charge in [-0.2, -0.15) is 5.10 Å². The Bertz CT molecular complexity index is 1500. The van der Waals surface area contributed by atoms with Gasteiger partial charge in [0.15, 0.2) is 11.9 Å². The quantitative estimate of drug-likeness (QED) is 0.108. The van der Waals surface area contributed by atoms with E-state index in [4.69, 9.17) is 21.1 Å². The Kier molecular flexibility index (Phi) is 7.75. The Morgan fingerprint density at radius 2 is 1.68 bits per heavy atom. The molecule has 4 aromatic carbocycles. The third-order valence-corrected chi connectivity index (χ3v) is 5.57. The number of benzene rings is 4. The van der Waals surface area contributed by atoms with Gasteiger partial charge in [0.2, 0.25) is 0 Å². The fourth-order valence-corrected chi connectivity index (χ4v) is 3.57. The zero-order chi connectivity index (χ0) is 26.4. The number of nitrogens with one attached hydrogen (secondary N) is 1. The van der Waals surface area contributed by atoms with Crippen molar-refractivity contribution in [1.29, 1.82) is 0 Å². The van der Waals surface area contributed by atoms with Crippen LogP contribution in [0.4, 0.5) is 5.69 Å². The molecule has 0 radical (unpaired) electrons. The lowest BCUT2D eigenvalue weighted by atomic mass is 10.0. The number of nitro benzene ring substituents is 1. The molecule has 10 heteroatoms. The lowest BCUT2D eigenvalue weighted by molar-refractivity contribution is -0.386. The number of carbonyl (C=O) groups excluding carboxylic acids is 2. The van der Waals surface area contributed by atoms with Crippen LogP contribution < -0.4 is 14.9 Å². The Hall–Kier alpha value is -4.76. The number of carbonyl (C=O) groups is 2. The van der Waals surface area contributed by atoms with E-state index < -0.39 is 22.9 Å². The molecular weight excluding hydrogens is 498 g/mol. The first-order valence-electron chi connectivity index (χ1n) is 11.1. The number of hydrogen-bond donors (Lipinski definition) is 1. The number of halogens is 1. The van der Waals surface area contributed by atoms with Gasteiger partial charge >= 0.3 is 11.7 Å². The Labute approximate surface area is 216 Å². The minimum Gasteiger partial charge on any atom is -0.474 e. The molecular formula is C27H20ClN3O6. The van der Waals surface area contributed by atoms with Gasteiger partial charge < -0.3 is 9.47 Å². The molecule has 0 aromatic heterocycles. The summed E-state index contributed by atoms with van der Waals surface area (Å²) in [6.07, 6.45) is 0.288. The lowest BCUT2D eigenvalue weighted by Crippen LogP contribution is -2.33. The number of esters is 1. The molecule has 0 aliphatic rings. The fourth-order valence-electron chi connectivity index (χ4n) is 3.45. The second kappa shape index (κ2) is 11.3. The maximum absolute atomic E-state index is 12.7. The molecule has 4 aromatic rings. The van der Waals surface area contributed by atoms with Crippen molar-refractivity contribution < 1.29 is 24.0 Å². The average Bonchev–Trinajstić information content (AvgIpc) is 2.90. The largest absolute Gasteiger partial charge is 0.474 e. The summed E-state index contributed by atoms with van der Waals surface area (Å²) in [6, 6.07) is 22.9. The SMILES string of the molecule is C[C@@H](Oc1ccccc1[N+](=O)[O-])C(=O)N/N=C\c1c(OC(=O)c2ccc(Cl)cc2)ccc2ccccc12. The maximum Gasteiger partial charge on any atom is 0.343 e. The molecule has 0 aliphatic heterocycles. The molecule has 0 saturated heterocycles. The van der Waals surface area contributed by atoms with E-state index in [2.05, 4.69) is 10.5 Å². The van der Waals surface area contributed by atoms with Crippen molar-refractivity contribution in [3.8, 4) is 11.5 Å². The van der Waals surface area contributed by atoms with Crippen molar-refractivity contribution >= 4 is 46.2 Å². The molecule has 0 fully saturated rings. The second-order valence-corrected chi connectivity index (χ2v) is 8.25. The number of para-hydroxylation sites is 2. The van der Waals surface area contributed by atoms with E-state index in [0.717, 1.165) is 10.8 Å². The summed E-state index contributed by atoms with van der Waals surface area (Å²) in [7, 11) is 0. The number of hydrazone groups is 1. The number of ether oxygens (including phenoxy) is 2. The van der Waals surface area contributed by atoms with Crippen molar-refractivity contribution in [2.75, 3.05) is 0 Å². The van der Waals surface area contributed by atoms with Gasteiger partial charge in [0.25, 0.3) is 5.91 Å². The highest BCUT2D eigenvalue weighted by Gasteiger charge is 2.20. The number of fused-ring (bicyclic) bond motifs is 1. The van der Waals surface area contributed by atoms with Crippen LogP contribution in [-0.2, 0) is 4.79 Å². The number of nitrogens with zero attached hydrogens (tertiary/aromatic N) is 2. The standard InChI is InChI=1S/C27H20ClN3O6/c1-17(36-25-9-5-4-8-23(25)31(34)35)26(32)30-29-16-22-21-7-3-2-6-18(21)12-15-24(22)37-27(33)19-10-13-20(28)14-11-19/h2-17H,1H3,(H,30,32)/b29-16-/t17-/m1/s1. The van der Waals surface area contributed by atoms with E-state index in [1.807, 2.05) is 24.3 Å². The predicted molar refractivity (Wildman–Crippen MR) is 139 cm³/mol. The first-order chi connectivity index (χ1) is 17.8. The normalized spacial score (nSPS) is 11.7. The monoisotopic (exact) mass is 517 g/mol. The van der Waals surface area contributed by atoms with Gasteiger partial charge in [0.05, 0.1) is 16.7 Å². The van der Waals surface area contributed by atoms with Gasteiger partial charge in [-0.1, -0.05) is 54.1 Å². The van der Waals surface area contributed by atoms with Gasteiger partial charge in [-0.3, -0.25) is 14.9 Å². The van der Waals surface area contributed by atoms with Crippen LogP contribution in [0, 0.1) is 10.1 Å². The molecule has 4 rings (SSSR count). The van der Waals surface area contributed by atoms with Crippen LogP contribution in [0.2, 0.25) is 5.02 Å². The average molecular weight is 518 g/mol. The highest BCUT2D eigenvalue weighted by molar-refractivity contribution is 6.30. The zero-order valence-electron chi connectivity index (χ0n) is 19.5. The smallest absolute Gasteiger partial charge is 0.343 e. The molecule has 0 bridgehead atoms. The molecule has 0 spiro atoms. The summed E-state index contributed by atoms with van der Waals surface area (Å²) in [5, 5.41) is 17.3. The Morgan fingerprint density at radius 3 is 2.43 bits per heavy atom. The van der Waals surface area contributed by atoms with Crippen LogP contribution in [-0.4, -0.2) is 29.1 Å². The second-order valence-electron chi connectivity index (χ2n) is 7.81. The molecule has 37 heavy (non-hydrogen) atoms. The molecule has 1 amide bonds. The van der Waals surface area contributed by atoms with E-state index in [-0.39, 0.29) is 17.2 Å². The topological polar surface area (TPSA) is 120 Å². The molecule has 1 atom stereocenters. The van der Waals surface area contributed by atoms with Gasteiger partial charge in [-0.25, -0.2) is 10.2 Å². The van der Waals surface area contributed by atoms with Crippen LogP contribution in [0.15, 0.2) is 90.0 Å². The summed E-state index contributed by atoms with van der Waals surface area (Å²) in [5.74, 6) is -1.02. The lowest BCUT2D eigenvalue weighted by Gasteiger charge is -2.13. The van der Waals surface area contributed by atoms with Crippen LogP contribution in [0.1, 0.15) is 22.8 Å². The van der Waals surface area contributed by atoms with Crippen LogP contribution >= 0.6 is 11.6 Å². The summed E-state index contributed by atoms with van der Waals surface area (Å²) in [5.41, 5.74) is 2.89. The minimum atomic E-state index is -1.08. The summed E-state index contributed by atoms with van der Waals surface area (Å²) in [4.78, 5) is 35.8. The van der Waals surface area contributed by atoms with Crippen molar-refractivity contribution in [3.05, 3.63) is 111 Å².